The minimum atomic E-state index is -0.151. The van der Waals surface area contributed by atoms with Gasteiger partial charge in [-0.25, -0.2) is 0 Å². The van der Waals surface area contributed by atoms with Crippen molar-refractivity contribution in [1.29, 1.82) is 0 Å². The van der Waals surface area contributed by atoms with Gasteiger partial charge in [0.1, 0.15) is 18.1 Å². The van der Waals surface area contributed by atoms with Crippen molar-refractivity contribution in [2.24, 2.45) is 0 Å². The predicted octanol–water partition coefficient (Wildman–Crippen LogP) is 6.02. The summed E-state index contributed by atoms with van der Waals surface area (Å²) in [6.45, 7) is 6.74. The van der Waals surface area contributed by atoms with Crippen LogP contribution in [0.5, 0.6) is 11.5 Å². The van der Waals surface area contributed by atoms with Crippen LogP contribution in [-0.2, 0) is 6.61 Å². The van der Waals surface area contributed by atoms with Gasteiger partial charge in [-0.1, -0.05) is 32.0 Å². The minimum absolute atomic E-state index is 0.151. The summed E-state index contributed by atoms with van der Waals surface area (Å²) in [4.78, 5) is 13.2. The summed E-state index contributed by atoms with van der Waals surface area (Å²) in [6.07, 6.45) is 0. The fourth-order valence-electron chi connectivity index (χ4n) is 2.79. The highest BCUT2D eigenvalue weighted by Gasteiger charge is 2.13. The van der Waals surface area contributed by atoms with Crippen LogP contribution in [-0.4, -0.2) is 13.0 Å². The van der Waals surface area contributed by atoms with Gasteiger partial charge in [0.05, 0.1) is 17.7 Å². The van der Waals surface area contributed by atoms with Crippen molar-refractivity contribution in [3.63, 3.8) is 0 Å². The van der Waals surface area contributed by atoms with Crippen LogP contribution in [0, 0.1) is 6.92 Å². The lowest BCUT2D eigenvalue weighted by Gasteiger charge is -2.10. The molecule has 0 saturated carbocycles. The number of nitrogens with one attached hydrogen (secondary N) is 1. The van der Waals surface area contributed by atoms with E-state index in [-0.39, 0.29) is 5.91 Å². The molecule has 4 nitrogen and oxygen atoms in total. The smallest absolute Gasteiger partial charge is 0.265 e. The van der Waals surface area contributed by atoms with E-state index in [0.29, 0.717) is 28.8 Å². The zero-order valence-electron chi connectivity index (χ0n) is 16.6. The molecule has 3 aromatic rings. The van der Waals surface area contributed by atoms with E-state index >= 15 is 0 Å². The first kappa shape index (κ1) is 20.0. The molecule has 28 heavy (non-hydrogen) atoms. The Bertz CT molecular complexity index is 945. The van der Waals surface area contributed by atoms with E-state index < -0.39 is 0 Å². The van der Waals surface area contributed by atoms with E-state index in [9.17, 15) is 4.79 Å². The summed E-state index contributed by atoms with van der Waals surface area (Å²) in [5.41, 5.74) is 3.98. The second-order valence-electron chi connectivity index (χ2n) is 6.99. The molecule has 1 aromatic heterocycles. The maximum absolute atomic E-state index is 12.6. The number of hydrogen-bond donors (Lipinski definition) is 1. The number of hydrogen-bond acceptors (Lipinski definition) is 4. The molecule has 1 heterocycles. The summed E-state index contributed by atoms with van der Waals surface area (Å²) >= 11 is 1.40. The second kappa shape index (κ2) is 8.93. The summed E-state index contributed by atoms with van der Waals surface area (Å²) in [6, 6.07) is 15.7. The molecule has 1 amide bonds. The molecular formula is C23H25NO3S. The maximum atomic E-state index is 12.6. The number of methoxy groups -OCH3 is 1. The molecule has 1 N–H and O–H groups in total. The van der Waals surface area contributed by atoms with Crippen LogP contribution in [0.4, 0.5) is 5.69 Å². The van der Waals surface area contributed by atoms with E-state index in [1.807, 2.05) is 48.7 Å². The lowest BCUT2D eigenvalue weighted by Crippen LogP contribution is -2.11. The standard InChI is InChI=1S/C23H25NO3S/c1-15(2)18-6-8-19(9-7-18)27-13-17-12-22(28-14-17)23(25)24-20-11-16(3)5-10-21(20)26-4/h5-12,14-15H,13H2,1-4H3,(H,24,25). The summed E-state index contributed by atoms with van der Waals surface area (Å²) in [5.74, 6) is 1.82. The molecule has 0 bridgehead atoms. The first-order valence-corrected chi connectivity index (χ1v) is 10.1. The second-order valence-corrected chi connectivity index (χ2v) is 7.90. The molecule has 0 radical (unpaired) electrons. The molecule has 2 aromatic carbocycles. The van der Waals surface area contributed by atoms with Gasteiger partial charge in [0.15, 0.2) is 0 Å². The monoisotopic (exact) mass is 395 g/mol. The molecule has 0 spiro atoms. The molecule has 0 unspecified atom stereocenters. The summed E-state index contributed by atoms with van der Waals surface area (Å²) < 4.78 is 11.2. The Morgan fingerprint density at radius 2 is 1.86 bits per heavy atom. The van der Waals surface area contributed by atoms with Crippen molar-refractivity contribution in [2.45, 2.75) is 33.3 Å². The molecule has 0 aliphatic rings. The van der Waals surface area contributed by atoms with Crippen molar-refractivity contribution in [1.82, 2.24) is 0 Å². The molecule has 0 fully saturated rings. The molecular weight excluding hydrogens is 370 g/mol. The first-order chi connectivity index (χ1) is 13.5. The molecule has 5 heteroatoms. The van der Waals surface area contributed by atoms with Crippen LogP contribution in [0.15, 0.2) is 53.9 Å². The normalized spacial score (nSPS) is 10.8. The number of benzene rings is 2. The van der Waals surface area contributed by atoms with Gasteiger partial charge in [0.25, 0.3) is 5.91 Å². The fourth-order valence-corrected chi connectivity index (χ4v) is 3.58. The Balaban J connectivity index is 1.62. The average molecular weight is 396 g/mol. The molecule has 3 rings (SSSR count). The number of thiophene rings is 1. The molecule has 0 aliphatic heterocycles. The third-order valence-corrected chi connectivity index (χ3v) is 5.41. The van der Waals surface area contributed by atoms with E-state index in [1.165, 1.54) is 16.9 Å². The molecule has 0 atom stereocenters. The van der Waals surface area contributed by atoms with Crippen LogP contribution < -0.4 is 14.8 Å². The van der Waals surface area contributed by atoms with Gasteiger partial charge >= 0.3 is 0 Å². The quantitative estimate of drug-likeness (QED) is 0.532. The van der Waals surface area contributed by atoms with Crippen molar-refractivity contribution in [3.8, 4) is 11.5 Å². The minimum Gasteiger partial charge on any atom is -0.495 e. The van der Waals surface area contributed by atoms with E-state index in [0.717, 1.165) is 16.9 Å². The summed E-state index contributed by atoms with van der Waals surface area (Å²) in [5, 5.41) is 4.88. The van der Waals surface area contributed by atoms with Gasteiger partial charge in [-0.05, 0) is 59.7 Å². The number of amides is 1. The lowest BCUT2D eigenvalue weighted by atomic mass is 10.0. The van der Waals surface area contributed by atoms with E-state index in [1.54, 1.807) is 7.11 Å². The highest BCUT2D eigenvalue weighted by molar-refractivity contribution is 7.12. The van der Waals surface area contributed by atoms with Crippen molar-refractivity contribution >= 4 is 22.9 Å². The lowest BCUT2D eigenvalue weighted by molar-refractivity contribution is 0.103. The molecule has 0 saturated heterocycles. The van der Waals surface area contributed by atoms with Crippen LogP contribution in [0.1, 0.15) is 46.1 Å². The Morgan fingerprint density at radius 1 is 1.11 bits per heavy atom. The third kappa shape index (κ3) is 4.93. The Labute approximate surface area is 170 Å². The van der Waals surface area contributed by atoms with Crippen molar-refractivity contribution in [3.05, 3.63) is 75.5 Å². The van der Waals surface area contributed by atoms with Gasteiger partial charge < -0.3 is 14.8 Å². The number of carbonyl (C=O) groups is 1. The van der Waals surface area contributed by atoms with Gasteiger partial charge in [0.2, 0.25) is 0 Å². The number of anilines is 1. The van der Waals surface area contributed by atoms with E-state index in [4.69, 9.17) is 9.47 Å². The SMILES string of the molecule is COc1ccc(C)cc1NC(=O)c1cc(COc2ccc(C(C)C)cc2)cs1. The highest BCUT2D eigenvalue weighted by Crippen LogP contribution is 2.27. The van der Waals surface area contributed by atoms with Crippen LogP contribution in [0.3, 0.4) is 0 Å². The number of ether oxygens (including phenoxy) is 2. The Morgan fingerprint density at radius 3 is 2.54 bits per heavy atom. The maximum Gasteiger partial charge on any atom is 0.265 e. The summed E-state index contributed by atoms with van der Waals surface area (Å²) in [7, 11) is 1.59. The van der Waals surface area contributed by atoms with Gasteiger partial charge in [-0.2, -0.15) is 0 Å². The predicted molar refractivity (Wildman–Crippen MR) is 115 cm³/mol. The zero-order valence-corrected chi connectivity index (χ0v) is 17.4. The fraction of sp³-hybridized carbons (Fsp3) is 0.261. The van der Waals surface area contributed by atoms with Crippen molar-refractivity contribution in [2.75, 3.05) is 12.4 Å². The Kier molecular flexibility index (Phi) is 6.37. The topological polar surface area (TPSA) is 47.6 Å². The van der Waals surface area contributed by atoms with Gasteiger partial charge in [-0.15, -0.1) is 11.3 Å². The number of rotatable bonds is 7. The first-order valence-electron chi connectivity index (χ1n) is 9.22. The van der Waals surface area contributed by atoms with Crippen LogP contribution >= 0.6 is 11.3 Å². The van der Waals surface area contributed by atoms with Gasteiger partial charge in [0, 0.05) is 5.56 Å². The highest BCUT2D eigenvalue weighted by atomic mass is 32.1. The zero-order chi connectivity index (χ0) is 20.1. The average Bonchev–Trinajstić information content (AvgIpc) is 3.16. The van der Waals surface area contributed by atoms with Crippen molar-refractivity contribution < 1.29 is 14.3 Å². The number of aryl methyl sites for hydroxylation is 1. The van der Waals surface area contributed by atoms with Crippen LogP contribution in [0.25, 0.3) is 0 Å². The Hall–Kier alpha value is -2.79. The van der Waals surface area contributed by atoms with Crippen LogP contribution in [0.2, 0.25) is 0 Å². The van der Waals surface area contributed by atoms with E-state index in [2.05, 4.69) is 31.3 Å². The number of carbonyl (C=O) groups excluding carboxylic acids is 1. The van der Waals surface area contributed by atoms with Gasteiger partial charge in [-0.3, -0.25) is 4.79 Å². The molecule has 146 valence electrons. The molecule has 0 aliphatic carbocycles. The third-order valence-electron chi connectivity index (χ3n) is 4.43. The largest absolute Gasteiger partial charge is 0.495 e.